The van der Waals surface area contributed by atoms with E-state index in [0.29, 0.717) is 27.1 Å². The number of hydrogen-bond donors (Lipinski definition) is 1. The van der Waals surface area contributed by atoms with Gasteiger partial charge in [-0.2, -0.15) is 5.06 Å². The fourth-order valence-electron chi connectivity index (χ4n) is 2.38. The van der Waals surface area contributed by atoms with Gasteiger partial charge in [0.05, 0.1) is 17.8 Å². The highest BCUT2D eigenvalue weighted by molar-refractivity contribution is 6.32. The van der Waals surface area contributed by atoms with Crippen LogP contribution in [0.3, 0.4) is 0 Å². The van der Waals surface area contributed by atoms with E-state index in [1.54, 1.807) is 18.2 Å². The van der Waals surface area contributed by atoms with Gasteiger partial charge >= 0.3 is 6.09 Å². The maximum atomic E-state index is 11.6. The Bertz CT molecular complexity index is 733. The van der Waals surface area contributed by atoms with Crippen molar-refractivity contribution in [3.05, 3.63) is 58.1 Å². The molecule has 5 nitrogen and oxygen atoms in total. The van der Waals surface area contributed by atoms with Crippen LogP contribution in [0.5, 0.6) is 5.75 Å². The molecule has 0 bridgehead atoms. The standard InChI is InChI=1S/C18H20ClNO4/c1-4-13-6-5-7-16(20(22)18(21)23-3)14(13)11-24-17-9-8-12(2)10-15(17)19/h5-10,22H,4,11H2,1-3H3. The van der Waals surface area contributed by atoms with E-state index in [9.17, 15) is 10.0 Å². The molecule has 0 fully saturated rings. The predicted octanol–water partition coefficient (Wildman–Crippen LogP) is 4.75. The van der Waals surface area contributed by atoms with Crippen molar-refractivity contribution in [3.8, 4) is 5.75 Å². The van der Waals surface area contributed by atoms with E-state index in [2.05, 4.69) is 4.74 Å². The zero-order valence-electron chi connectivity index (χ0n) is 13.9. The summed E-state index contributed by atoms with van der Waals surface area (Å²) in [5.74, 6) is 0.543. The van der Waals surface area contributed by atoms with Gasteiger partial charge < -0.3 is 9.47 Å². The van der Waals surface area contributed by atoms with Crippen molar-refractivity contribution in [2.75, 3.05) is 12.2 Å². The van der Waals surface area contributed by atoms with Gasteiger partial charge in [0.15, 0.2) is 0 Å². The van der Waals surface area contributed by atoms with E-state index >= 15 is 0 Å². The van der Waals surface area contributed by atoms with Crippen LogP contribution in [0.4, 0.5) is 10.5 Å². The van der Waals surface area contributed by atoms with Crippen molar-refractivity contribution in [1.29, 1.82) is 0 Å². The number of carbonyl (C=O) groups excluding carboxylic acids is 1. The molecule has 0 heterocycles. The van der Waals surface area contributed by atoms with E-state index in [1.165, 1.54) is 7.11 Å². The van der Waals surface area contributed by atoms with Gasteiger partial charge in [-0.15, -0.1) is 0 Å². The molecule has 24 heavy (non-hydrogen) atoms. The Kier molecular flexibility index (Phi) is 6.06. The zero-order valence-corrected chi connectivity index (χ0v) is 14.6. The van der Waals surface area contributed by atoms with E-state index in [1.807, 2.05) is 32.0 Å². The number of nitrogens with zero attached hydrogens (tertiary/aromatic N) is 1. The number of rotatable bonds is 5. The highest BCUT2D eigenvalue weighted by atomic mass is 35.5. The molecule has 2 rings (SSSR count). The van der Waals surface area contributed by atoms with Crippen molar-refractivity contribution >= 4 is 23.4 Å². The maximum absolute atomic E-state index is 11.6. The lowest BCUT2D eigenvalue weighted by Gasteiger charge is -2.20. The molecule has 0 spiro atoms. The van der Waals surface area contributed by atoms with Crippen LogP contribution in [-0.2, 0) is 17.8 Å². The molecule has 0 aliphatic rings. The third-order valence-corrected chi connectivity index (χ3v) is 3.96. The summed E-state index contributed by atoms with van der Waals surface area (Å²) in [6.07, 6.45) is -0.138. The first-order valence-corrected chi connectivity index (χ1v) is 7.92. The van der Waals surface area contributed by atoms with E-state index in [0.717, 1.165) is 17.5 Å². The molecule has 0 saturated heterocycles. The molecule has 6 heteroatoms. The van der Waals surface area contributed by atoms with Gasteiger partial charge in [0.25, 0.3) is 0 Å². The SMILES string of the molecule is CCc1cccc(N(O)C(=O)OC)c1COc1ccc(C)cc1Cl. The second-order valence-electron chi connectivity index (χ2n) is 5.27. The summed E-state index contributed by atoms with van der Waals surface area (Å²) in [6, 6.07) is 10.8. The number of methoxy groups -OCH3 is 1. The van der Waals surface area contributed by atoms with Crippen molar-refractivity contribution in [3.63, 3.8) is 0 Å². The molecule has 0 aromatic heterocycles. The average Bonchev–Trinajstić information content (AvgIpc) is 2.59. The Hall–Kier alpha value is -2.24. The summed E-state index contributed by atoms with van der Waals surface area (Å²) in [7, 11) is 1.21. The Morgan fingerprint density at radius 1 is 1.29 bits per heavy atom. The van der Waals surface area contributed by atoms with Crippen LogP contribution in [0.2, 0.25) is 5.02 Å². The van der Waals surface area contributed by atoms with Crippen LogP contribution in [0.25, 0.3) is 0 Å². The maximum Gasteiger partial charge on any atom is 0.438 e. The molecule has 1 amide bonds. The molecular formula is C18H20ClNO4. The normalized spacial score (nSPS) is 10.4. The number of amides is 1. The Morgan fingerprint density at radius 3 is 2.67 bits per heavy atom. The van der Waals surface area contributed by atoms with Crippen molar-refractivity contribution in [1.82, 2.24) is 0 Å². The second-order valence-corrected chi connectivity index (χ2v) is 5.68. The van der Waals surface area contributed by atoms with Gasteiger partial charge in [0.2, 0.25) is 0 Å². The summed E-state index contributed by atoms with van der Waals surface area (Å²) in [4.78, 5) is 11.6. The van der Waals surface area contributed by atoms with Crippen molar-refractivity contribution in [2.24, 2.45) is 0 Å². The predicted molar refractivity (Wildman–Crippen MR) is 93.0 cm³/mol. The summed E-state index contributed by atoms with van der Waals surface area (Å²) >= 11 is 6.19. The van der Waals surface area contributed by atoms with Crippen molar-refractivity contribution in [2.45, 2.75) is 26.9 Å². The number of ether oxygens (including phenoxy) is 2. The molecule has 0 atom stereocenters. The fraction of sp³-hybridized carbons (Fsp3) is 0.278. The largest absolute Gasteiger partial charge is 0.487 e. The quantitative estimate of drug-likeness (QED) is 0.625. The molecule has 0 saturated carbocycles. The first-order chi connectivity index (χ1) is 11.5. The summed E-state index contributed by atoms with van der Waals surface area (Å²) in [6.45, 7) is 4.09. The summed E-state index contributed by atoms with van der Waals surface area (Å²) < 4.78 is 10.4. The summed E-state index contributed by atoms with van der Waals surface area (Å²) in [5, 5.41) is 11.0. The van der Waals surface area contributed by atoms with E-state index in [-0.39, 0.29) is 6.61 Å². The van der Waals surface area contributed by atoms with Gasteiger partial charge in [-0.25, -0.2) is 4.79 Å². The number of halogens is 1. The molecule has 1 N–H and O–H groups in total. The molecule has 0 aliphatic heterocycles. The van der Waals surface area contributed by atoms with Gasteiger partial charge in [-0.05, 0) is 42.7 Å². The molecule has 2 aromatic rings. The third-order valence-electron chi connectivity index (χ3n) is 3.66. The average molecular weight is 350 g/mol. The number of benzene rings is 2. The van der Waals surface area contributed by atoms with Crippen LogP contribution < -0.4 is 9.80 Å². The minimum absolute atomic E-state index is 0.163. The monoisotopic (exact) mass is 349 g/mol. The first-order valence-electron chi connectivity index (χ1n) is 7.54. The fourth-order valence-corrected chi connectivity index (χ4v) is 2.66. The molecular weight excluding hydrogens is 330 g/mol. The number of aryl methyl sites for hydroxylation is 2. The van der Waals surface area contributed by atoms with Crippen LogP contribution in [0.1, 0.15) is 23.6 Å². The van der Waals surface area contributed by atoms with Gasteiger partial charge in [0, 0.05) is 5.56 Å². The first kappa shape index (κ1) is 18.1. The number of anilines is 1. The Morgan fingerprint density at radius 2 is 2.04 bits per heavy atom. The number of carbonyl (C=O) groups is 1. The smallest absolute Gasteiger partial charge is 0.438 e. The molecule has 0 radical (unpaired) electrons. The highest BCUT2D eigenvalue weighted by Crippen LogP contribution is 2.29. The number of hydrogen-bond acceptors (Lipinski definition) is 4. The van der Waals surface area contributed by atoms with Crippen molar-refractivity contribution < 1.29 is 19.5 Å². The Balaban J connectivity index is 2.32. The molecule has 0 unspecified atom stereocenters. The Labute approximate surface area is 146 Å². The van der Waals surface area contributed by atoms with E-state index in [4.69, 9.17) is 16.3 Å². The topological polar surface area (TPSA) is 59.0 Å². The summed E-state index contributed by atoms with van der Waals surface area (Å²) in [5.41, 5.74) is 3.02. The van der Waals surface area contributed by atoms with Crippen LogP contribution in [-0.4, -0.2) is 18.4 Å². The molecule has 2 aromatic carbocycles. The second kappa shape index (κ2) is 8.04. The van der Waals surface area contributed by atoms with Gasteiger partial charge in [0.1, 0.15) is 12.4 Å². The molecule has 128 valence electrons. The lowest BCUT2D eigenvalue weighted by atomic mass is 10.0. The van der Waals surface area contributed by atoms with Crippen LogP contribution in [0, 0.1) is 6.92 Å². The van der Waals surface area contributed by atoms with Gasteiger partial charge in [-0.1, -0.05) is 36.7 Å². The minimum Gasteiger partial charge on any atom is -0.487 e. The third kappa shape index (κ3) is 3.99. The number of hydroxylamine groups is 1. The lowest BCUT2D eigenvalue weighted by molar-refractivity contribution is 0.140. The van der Waals surface area contributed by atoms with Crippen LogP contribution in [0.15, 0.2) is 36.4 Å². The lowest BCUT2D eigenvalue weighted by Crippen LogP contribution is -2.28. The highest BCUT2D eigenvalue weighted by Gasteiger charge is 2.19. The van der Waals surface area contributed by atoms with Crippen LogP contribution >= 0.6 is 11.6 Å². The minimum atomic E-state index is -0.863. The van der Waals surface area contributed by atoms with E-state index < -0.39 is 6.09 Å². The van der Waals surface area contributed by atoms with Gasteiger partial charge in [-0.3, -0.25) is 5.21 Å². The molecule has 0 aliphatic carbocycles. The zero-order chi connectivity index (χ0) is 17.7.